The number of anilines is 1. The van der Waals surface area contributed by atoms with E-state index in [0.29, 0.717) is 11.4 Å². The number of hydrogen-bond acceptors (Lipinski definition) is 3. The second-order valence-corrected chi connectivity index (χ2v) is 5.38. The summed E-state index contributed by atoms with van der Waals surface area (Å²) in [7, 11) is 4.10. The number of aromatic nitrogens is 1. The van der Waals surface area contributed by atoms with Crippen LogP contribution in [0.4, 0.5) is 5.82 Å². The van der Waals surface area contributed by atoms with Crippen molar-refractivity contribution in [3.8, 4) is 6.07 Å². The van der Waals surface area contributed by atoms with Crippen molar-refractivity contribution in [1.82, 2.24) is 9.47 Å². The van der Waals surface area contributed by atoms with Gasteiger partial charge in [0.2, 0.25) is 0 Å². The Bertz CT molecular complexity index is 461. The third kappa shape index (κ3) is 2.29. The van der Waals surface area contributed by atoms with Crippen LogP contribution in [0.2, 0.25) is 0 Å². The first-order valence-corrected chi connectivity index (χ1v) is 5.75. The zero-order valence-electron chi connectivity index (χ0n) is 11.6. The molecule has 17 heavy (non-hydrogen) atoms. The van der Waals surface area contributed by atoms with E-state index in [0.717, 1.165) is 17.8 Å². The molecule has 1 aromatic heterocycles. The van der Waals surface area contributed by atoms with Crippen molar-refractivity contribution in [3.63, 3.8) is 0 Å². The van der Waals surface area contributed by atoms with Crippen molar-refractivity contribution in [2.75, 3.05) is 19.8 Å². The van der Waals surface area contributed by atoms with Gasteiger partial charge in [0.25, 0.3) is 0 Å². The summed E-state index contributed by atoms with van der Waals surface area (Å²) in [6, 6.07) is 2.18. The molecule has 4 heteroatoms. The summed E-state index contributed by atoms with van der Waals surface area (Å²) < 4.78 is 2.04. The highest BCUT2D eigenvalue weighted by Crippen LogP contribution is 2.26. The summed E-state index contributed by atoms with van der Waals surface area (Å²) in [6.45, 7) is 9.06. The lowest BCUT2D eigenvalue weighted by molar-refractivity contribution is 0.169. The fourth-order valence-electron chi connectivity index (χ4n) is 1.76. The minimum atomic E-state index is -0.00291. The van der Waals surface area contributed by atoms with E-state index in [1.165, 1.54) is 0 Å². The van der Waals surface area contributed by atoms with Gasteiger partial charge in [0.1, 0.15) is 11.9 Å². The first-order valence-electron chi connectivity index (χ1n) is 5.75. The van der Waals surface area contributed by atoms with E-state index in [2.05, 4.69) is 24.8 Å². The van der Waals surface area contributed by atoms with Crippen molar-refractivity contribution in [1.29, 1.82) is 5.26 Å². The van der Waals surface area contributed by atoms with Crippen LogP contribution in [0.15, 0.2) is 0 Å². The van der Waals surface area contributed by atoms with Crippen LogP contribution in [0, 0.1) is 25.2 Å². The van der Waals surface area contributed by atoms with E-state index in [9.17, 15) is 0 Å². The van der Waals surface area contributed by atoms with Crippen molar-refractivity contribution < 1.29 is 0 Å². The molecule has 0 saturated carbocycles. The molecule has 0 radical (unpaired) electrons. The maximum Gasteiger partial charge on any atom is 0.122 e. The van der Waals surface area contributed by atoms with Gasteiger partial charge in [-0.1, -0.05) is 0 Å². The van der Waals surface area contributed by atoms with E-state index >= 15 is 0 Å². The fraction of sp³-hybridized carbons (Fsp3) is 0.615. The fourth-order valence-corrected chi connectivity index (χ4v) is 1.76. The number of nitriles is 1. The molecule has 0 atom stereocenters. The minimum Gasteiger partial charge on any atom is -0.384 e. The summed E-state index contributed by atoms with van der Waals surface area (Å²) >= 11 is 0. The number of likely N-dealkylation sites (N-methyl/N-ethyl adjacent to an activating group) is 1. The predicted molar refractivity (Wildman–Crippen MR) is 70.8 cm³/mol. The van der Waals surface area contributed by atoms with Crippen LogP contribution < -0.4 is 5.73 Å². The molecule has 0 bridgehead atoms. The van der Waals surface area contributed by atoms with Crippen molar-refractivity contribution >= 4 is 5.82 Å². The van der Waals surface area contributed by atoms with Gasteiger partial charge < -0.3 is 15.2 Å². The van der Waals surface area contributed by atoms with Crippen LogP contribution in [-0.2, 0) is 6.54 Å². The Morgan fingerprint density at radius 3 is 2.24 bits per heavy atom. The lowest BCUT2D eigenvalue weighted by Gasteiger charge is -2.33. The van der Waals surface area contributed by atoms with Crippen LogP contribution in [0.3, 0.4) is 0 Å². The van der Waals surface area contributed by atoms with Gasteiger partial charge in [-0.25, -0.2) is 0 Å². The summed E-state index contributed by atoms with van der Waals surface area (Å²) in [5, 5.41) is 9.09. The molecule has 0 unspecified atom stereocenters. The van der Waals surface area contributed by atoms with E-state index in [4.69, 9.17) is 11.0 Å². The standard InChI is InChI=1S/C13H22N4/c1-9-10(2)17(12(15)11(9)7-14)8-13(3,4)16(5)6/h8,15H2,1-6H3. The maximum atomic E-state index is 9.09. The molecular formula is C13H22N4. The smallest absolute Gasteiger partial charge is 0.122 e. The molecule has 0 amide bonds. The van der Waals surface area contributed by atoms with Gasteiger partial charge in [-0.3, -0.25) is 0 Å². The number of hydrogen-bond donors (Lipinski definition) is 1. The van der Waals surface area contributed by atoms with Crippen LogP contribution in [0.5, 0.6) is 0 Å². The monoisotopic (exact) mass is 234 g/mol. The van der Waals surface area contributed by atoms with Gasteiger partial charge in [0.05, 0.1) is 5.56 Å². The van der Waals surface area contributed by atoms with Gasteiger partial charge in [-0.05, 0) is 47.4 Å². The molecule has 0 saturated heterocycles. The number of nitrogens with zero attached hydrogens (tertiary/aromatic N) is 3. The second-order valence-electron chi connectivity index (χ2n) is 5.38. The SMILES string of the molecule is Cc1c(C#N)c(N)n(CC(C)(C)N(C)C)c1C. The average Bonchev–Trinajstić information content (AvgIpc) is 2.42. The Balaban J connectivity index is 3.22. The number of rotatable bonds is 3. The molecule has 0 aliphatic carbocycles. The molecular weight excluding hydrogens is 212 g/mol. The normalized spacial score (nSPS) is 11.9. The lowest BCUT2D eigenvalue weighted by Crippen LogP contribution is -2.42. The van der Waals surface area contributed by atoms with E-state index in [1.807, 2.05) is 32.5 Å². The van der Waals surface area contributed by atoms with Crippen LogP contribution in [0.1, 0.15) is 30.7 Å². The predicted octanol–water partition coefficient (Wildman–Crippen LogP) is 1.90. The van der Waals surface area contributed by atoms with Crippen molar-refractivity contribution in [3.05, 3.63) is 16.8 Å². The second kappa shape index (κ2) is 4.42. The van der Waals surface area contributed by atoms with Gasteiger partial charge in [-0.2, -0.15) is 5.26 Å². The molecule has 0 fully saturated rings. The molecule has 4 nitrogen and oxygen atoms in total. The number of nitrogen functional groups attached to an aromatic ring is 1. The molecule has 1 heterocycles. The summed E-state index contributed by atoms with van der Waals surface area (Å²) in [5.41, 5.74) is 8.71. The van der Waals surface area contributed by atoms with E-state index in [1.54, 1.807) is 0 Å². The minimum absolute atomic E-state index is 0.00291. The quantitative estimate of drug-likeness (QED) is 0.869. The first-order chi connectivity index (χ1) is 7.72. The summed E-state index contributed by atoms with van der Waals surface area (Å²) in [6.07, 6.45) is 0. The number of nitrogens with two attached hydrogens (primary N) is 1. The Kier molecular flexibility index (Phi) is 3.53. The zero-order valence-corrected chi connectivity index (χ0v) is 11.6. The Morgan fingerprint density at radius 2 is 1.88 bits per heavy atom. The highest BCUT2D eigenvalue weighted by molar-refractivity contribution is 5.57. The third-order valence-corrected chi connectivity index (χ3v) is 3.74. The van der Waals surface area contributed by atoms with Crippen molar-refractivity contribution in [2.24, 2.45) is 0 Å². The van der Waals surface area contributed by atoms with E-state index in [-0.39, 0.29) is 5.54 Å². The van der Waals surface area contributed by atoms with Gasteiger partial charge in [0, 0.05) is 17.8 Å². The third-order valence-electron chi connectivity index (χ3n) is 3.74. The molecule has 1 aromatic rings. The molecule has 0 spiro atoms. The van der Waals surface area contributed by atoms with Gasteiger partial charge >= 0.3 is 0 Å². The maximum absolute atomic E-state index is 9.09. The molecule has 2 N–H and O–H groups in total. The summed E-state index contributed by atoms with van der Waals surface area (Å²) in [5.74, 6) is 0.581. The van der Waals surface area contributed by atoms with Gasteiger partial charge in [0.15, 0.2) is 0 Å². The lowest BCUT2D eigenvalue weighted by atomic mass is 10.0. The Morgan fingerprint density at radius 1 is 1.35 bits per heavy atom. The Labute approximate surface area is 104 Å². The first kappa shape index (κ1) is 13.6. The Hall–Kier alpha value is -1.47. The van der Waals surface area contributed by atoms with Gasteiger partial charge in [-0.15, -0.1) is 0 Å². The molecule has 1 rings (SSSR count). The molecule has 0 aromatic carbocycles. The topological polar surface area (TPSA) is 58.0 Å². The van der Waals surface area contributed by atoms with Crippen LogP contribution in [-0.4, -0.2) is 29.1 Å². The van der Waals surface area contributed by atoms with Crippen molar-refractivity contribution in [2.45, 2.75) is 39.8 Å². The average molecular weight is 234 g/mol. The highest BCUT2D eigenvalue weighted by Gasteiger charge is 2.24. The summed E-state index contributed by atoms with van der Waals surface area (Å²) in [4.78, 5) is 2.16. The van der Waals surface area contributed by atoms with Crippen LogP contribution >= 0.6 is 0 Å². The highest BCUT2D eigenvalue weighted by atomic mass is 15.2. The van der Waals surface area contributed by atoms with E-state index < -0.39 is 0 Å². The largest absolute Gasteiger partial charge is 0.384 e. The molecule has 94 valence electrons. The van der Waals surface area contributed by atoms with Crippen LogP contribution in [0.25, 0.3) is 0 Å². The molecule has 0 aliphatic heterocycles. The molecule has 0 aliphatic rings. The zero-order chi connectivity index (χ0) is 13.4.